The van der Waals surface area contributed by atoms with E-state index >= 15 is 0 Å². The minimum absolute atomic E-state index is 0.609. The fourth-order valence-corrected chi connectivity index (χ4v) is 3.07. The van der Waals surface area contributed by atoms with Crippen LogP contribution in [0, 0.1) is 0 Å². The summed E-state index contributed by atoms with van der Waals surface area (Å²) in [6.07, 6.45) is 2.96. The molecule has 1 aromatic rings. The predicted molar refractivity (Wildman–Crippen MR) is 87.8 cm³/mol. The Morgan fingerprint density at radius 3 is 2.71 bits per heavy atom. The number of morpholine rings is 1. The molecule has 1 aromatic carbocycles. The first kappa shape index (κ1) is 16.9. The lowest BCUT2D eigenvalue weighted by atomic mass is 10.1. The molecule has 2 rings (SSSR count). The van der Waals surface area contributed by atoms with Crippen LogP contribution >= 0.6 is 23.2 Å². The molecular weight excluding hydrogens is 309 g/mol. The molecule has 1 aliphatic rings. The lowest BCUT2D eigenvalue weighted by molar-refractivity contribution is 0.0374. The first-order valence-electron chi connectivity index (χ1n) is 7.61. The Balaban J connectivity index is 1.93. The third-order valence-corrected chi connectivity index (χ3v) is 4.06. The van der Waals surface area contributed by atoms with Crippen molar-refractivity contribution in [2.75, 3.05) is 39.5 Å². The number of nitrogens with zero attached hydrogens (tertiary/aromatic N) is 1. The van der Waals surface area contributed by atoms with Gasteiger partial charge in [-0.1, -0.05) is 30.1 Å². The van der Waals surface area contributed by atoms with Gasteiger partial charge in [-0.15, -0.1) is 0 Å². The zero-order chi connectivity index (χ0) is 15.1. The van der Waals surface area contributed by atoms with Gasteiger partial charge in [-0.3, -0.25) is 4.90 Å². The molecule has 21 heavy (non-hydrogen) atoms. The summed E-state index contributed by atoms with van der Waals surface area (Å²) in [5.74, 6) is 0.796. The number of aryl methyl sites for hydroxylation is 1. The van der Waals surface area contributed by atoms with E-state index in [1.807, 2.05) is 6.07 Å². The second-order valence-electron chi connectivity index (χ2n) is 5.28. The second-order valence-corrected chi connectivity index (χ2v) is 6.13. The molecule has 0 N–H and O–H groups in total. The Bertz CT molecular complexity index is 448. The van der Waals surface area contributed by atoms with Crippen LogP contribution in [0.5, 0.6) is 5.75 Å². The van der Waals surface area contributed by atoms with Crippen LogP contribution in [0.4, 0.5) is 0 Å². The van der Waals surface area contributed by atoms with Crippen molar-refractivity contribution in [1.82, 2.24) is 4.90 Å². The Morgan fingerprint density at radius 1 is 1.24 bits per heavy atom. The summed E-state index contributed by atoms with van der Waals surface area (Å²) in [6.45, 7) is 7.56. The van der Waals surface area contributed by atoms with E-state index in [9.17, 15) is 0 Å². The molecule has 0 radical (unpaired) electrons. The van der Waals surface area contributed by atoms with E-state index in [2.05, 4.69) is 11.8 Å². The van der Waals surface area contributed by atoms with E-state index in [1.165, 1.54) is 0 Å². The van der Waals surface area contributed by atoms with Crippen molar-refractivity contribution in [1.29, 1.82) is 0 Å². The topological polar surface area (TPSA) is 21.7 Å². The molecule has 5 heteroatoms. The summed E-state index contributed by atoms with van der Waals surface area (Å²) in [6, 6.07) is 3.72. The average molecular weight is 332 g/mol. The van der Waals surface area contributed by atoms with Gasteiger partial charge in [0.2, 0.25) is 0 Å². The number of benzene rings is 1. The SMILES string of the molecule is CCCOc1c(Cl)cc(Cl)cc1CCCN1CCOCC1. The standard InChI is InChI=1S/C16H23Cl2NO2/c1-2-8-21-16-13(11-14(17)12-15(16)18)4-3-5-19-6-9-20-10-7-19/h11-12H,2-10H2,1H3. The van der Waals surface area contributed by atoms with Crippen LogP contribution < -0.4 is 4.74 Å². The highest BCUT2D eigenvalue weighted by molar-refractivity contribution is 6.35. The van der Waals surface area contributed by atoms with Crippen LogP contribution in [0.1, 0.15) is 25.3 Å². The molecule has 0 aromatic heterocycles. The fourth-order valence-electron chi connectivity index (χ4n) is 2.48. The van der Waals surface area contributed by atoms with Gasteiger partial charge >= 0.3 is 0 Å². The molecule has 1 aliphatic heterocycles. The molecule has 118 valence electrons. The van der Waals surface area contributed by atoms with E-state index in [4.69, 9.17) is 32.7 Å². The first-order valence-corrected chi connectivity index (χ1v) is 8.37. The van der Waals surface area contributed by atoms with Crippen LogP contribution in [0.15, 0.2) is 12.1 Å². The van der Waals surface area contributed by atoms with Crippen LogP contribution in [0.3, 0.4) is 0 Å². The number of ether oxygens (including phenoxy) is 2. The zero-order valence-corrected chi connectivity index (χ0v) is 14.1. The quantitative estimate of drug-likeness (QED) is 0.752. The Morgan fingerprint density at radius 2 is 2.00 bits per heavy atom. The van der Waals surface area contributed by atoms with Crippen molar-refractivity contribution >= 4 is 23.2 Å². The lowest BCUT2D eigenvalue weighted by Crippen LogP contribution is -2.36. The molecule has 0 saturated carbocycles. The summed E-state index contributed by atoms with van der Waals surface area (Å²) >= 11 is 12.4. The number of hydrogen-bond acceptors (Lipinski definition) is 3. The molecular formula is C16H23Cl2NO2. The molecule has 0 aliphatic carbocycles. The molecule has 0 unspecified atom stereocenters. The summed E-state index contributed by atoms with van der Waals surface area (Å²) < 4.78 is 11.2. The smallest absolute Gasteiger partial charge is 0.141 e. The summed E-state index contributed by atoms with van der Waals surface area (Å²) in [5, 5.41) is 1.28. The van der Waals surface area contributed by atoms with E-state index in [1.54, 1.807) is 6.07 Å². The third-order valence-electron chi connectivity index (χ3n) is 3.56. The monoisotopic (exact) mass is 331 g/mol. The highest BCUT2D eigenvalue weighted by atomic mass is 35.5. The first-order chi connectivity index (χ1) is 10.2. The maximum absolute atomic E-state index is 6.26. The molecule has 1 saturated heterocycles. The van der Waals surface area contributed by atoms with E-state index < -0.39 is 0 Å². The summed E-state index contributed by atoms with van der Waals surface area (Å²) in [7, 11) is 0. The molecule has 0 atom stereocenters. The fraction of sp³-hybridized carbons (Fsp3) is 0.625. The Kier molecular flexibility index (Phi) is 7.11. The number of hydrogen-bond donors (Lipinski definition) is 0. The highest BCUT2D eigenvalue weighted by Gasteiger charge is 2.13. The lowest BCUT2D eigenvalue weighted by Gasteiger charge is -2.26. The maximum Gasteiger partial charge on any atom is 0.141 e. The van der Waals surface area contributed by atoms with Gasteiger partial charge in [-0.05, 0) is 43.5 Å². The molecule has 0 amide bonds. The van der Waals surface area contributed by atoms with Gasteiger partial charge in [0.05, 0.1) is 24.8 Å². The zero-order valence-electron chi connectivity index (χ0n) is 12.5. The molecule has 0 bridgehead atoms. The Hall–Kier alpha value is -0.480. The van der Waals surface area contributed by atoms with Crippen LogP contribution in [0.2, 0.25) is 10.0 Å². The van der Waals surface area contributed by atoms with Gasteiger partial charge in [0.15, 0.2) is 0 Å². The van der Waals surface area contributed by atoms with Crippen molar-refractivity contribution in [3.63, 3.8) is 0 Å². The van der Waals surface area contributed by atoms with Crippen molar-refractivity contribution in [2.24, 2.45) is 0 Å². The maximum atomic E-state index is 6.26. The normalized spacial score (nSPS) is 16.1. The van der Waals surface area contributed by atoms with Crippen molar-refractivity contribution in [3.05, 3.63) is 27.7 Å². The van der Waals surface area contributed by atoms with Crippen LogP contribution in [0.25, 0.3) is 0 Å². The molecule has 1 fully saturated rings. The molecule has 3 nitrogen and oxygen atoms in total. The van der Waals surface area contributed by atoms with E-state index in [0.717, 1.165) is 63.4 Å². The van der Waals surface area contributed by atoms with Gasteiger partial charge in [-0.2, -0.15) is 0 Å². The van der Waals surface area contributed by atoms with Crippen molar-refractivity contribution < 1.29 is 9.47 Å². The van der Waals surface area contributed by atoms with E-state index in [-0.39, 0.29) is 0 Å². The van der Waals surface area contributed by atoms with E-state index in [0.29, 0.717) is 16.7 Å². The molecule has 1 heterocycles. The van der Waals surface area contributed by atoms with Crippen LogP contribution in [-0.2, 0) is 11.2 Å². The van der Waals surface area contributed by atoms with Gasteiger partial charge in [0.25, 0.3) is 0 Å². The second kappa shape index (κ2) is 8.84. The third kappa shape index (κ3) is 5.33. The molecule has 0 spiro atoms. The van der Waals surface area contributed by atoms with Crippen molar-refractivity contribution in [3.8, 4) is 5.75 Å². The largest absolute Gasteiger partial charge is 0.492 e. The van der Waals surface area contributed by atoms with Gasteiger partial charge in [0.1, 0.15) is 5.75 Å². The summed E-state index contributed by atoms with van der Waals surface area (Å²) in [5.41, 5.74) is 1.11. The number of halogens is 2. The van der Waals surface area contributed by atoms with Crippen LogP contribution in [-0.4, -0.2) is 44.4 Å². The van der Waals surface area contributed by atoms with Gasteiger partial charge < -0.3 is 9.47 Å². The highest BCUT2D eigenvalue weighted by Crippen LogP contribution is 2.33. The van der Waals surface area contributed by atoms with Gasteiger partial charge in [-0.25, -0.2) is 0 Å². The predicted octanol–water partition coefficient (Wildman–Crippen LogP) is 4.05. The summed E-state index contributed by atoms with van der Waals surface area (Å²) in [4.78, 5) is 2.43. The average Bonchev–Trinajstić information content (AvgIpc) is 2.47. The Labute approximate surface area is 137 Å². The van der Waals surface area contributed by atoms with Gasteiger partial charge in [0, 0.05) is 18.1 Å². The number of rotatable bonds is 7. The minimum atomic E-state index is 0.609. The van der Waals surface area contributed by atoms with Crippen molar-refractivity contribution in [2.45, 2.75) is 26.2 Å². The minimum Gasteiger partial charge on any atom is -0.492 e.